The lowest BCUT2D eigenvalue weighted by Crippen LogP contribution is -2.43. The van der Waals surface area contributed by atoms with Gasteiger partial charge in [-0.1, -0.05) is 48.5 Å². The number of carbonyl (C=O) groups excluding carboxylic acids is 2. The molecular weight excluding hydrogens is 292 g/mol. The number of anilines is 1. The molecule has 1 heterocycles. The Bertz CT molecular complexity index is 715. The molecule has 5 heteroatoms. The molecule has 3 rings (SSSR count). The molecule has 1 N–H and O–H groups in total. The summed E-state index contributed by atoms with van der Waals surface area (Å²) in [6, 6.07) is 15.8. The van der Waals surface area contributed by atoms with Crippen LogP contribution in [0.3, 0.4) is 0 Å². The Morgan fingerprint density at radius 2 is 1.78 bits per heavy atom. The number of nitrogens with one attached hydrogen (secondary N) is 1. The minimum atomic E-state index is -0.818. The molecule has 5 nitrogen and oxygen atoms in total. The molecule has 2 aromatic rings. The fourth-order valence-corrected chi connectivity index (χ4v) is 2.79. The Labute approximate surface area is 134 Å². The quantitative estimate of drug-likeness (QED) is 0.887. The van der Waals surface area contributed by atoms with Crippen LogP contribution in [0, 0.1) is 0 Å². The molecule has 1 aliphatic rings. The van der Waals surface area contributed by atoms with Gasteiger partial charge in [0.25, 0.3) is 0 Å². The predicted octanol–water partition coefficient (Wildman–Crippen LogP) is 2.67. The number of ether oxygens (including phenoxy) is 1. The maximum Gasteiger partial charge on any atom is 0.333 e. The van der Waals surface area contributed by atoms with Crippen LogP contribution in [0.5, 0.6) is 0 Å². The van der Waals surface area contributed by atoms with Gasteiger partial charge in [0.1, 0.15) is 0 Å². The Kier molecular flexibility index (Phi) is 4.28. The number of hydrogen-bond acceptors (Lipinski definition) is 3. The zero-order chi connectivity index (χ0) is 16.2. The lowest BCUT2D eigenvalue weighted by Gasteiger charge is -2.22. The van der Waals surface area contributed by atoms with Crippen molar-refractivity contribution in [2.24, 2.45) is 0 Å². The lowest BCUT2D eigenvalue weighted by atomic mass is 10.1. The van der Waals surface area contributed by atoms with Gasteiger partial charge in [-0.2, -0.15) is 0 Å². The van der Waals surface area contributed by atoms with E-state index in [1.807, 2.05) is 42.5 Å². The summed E-state index contributed by atoms with van der Waals surface area (Å²) in [6.07, 6.45) is 0.817. The summed E-state index contributed by atoms with van der Waals surface area (Å²) in [5.74, 6) is -0.489. The second-order valence-corrected chi connectivity index (χ2v) is 5.35. The van der Waals surface area contributed by atoms with E-state index in [2.05, 4.69) is 5.32 Å². The van der Waals surface area contributed by atoms with Crippen molar-refractivity contribution in [3.8, 4) is 0 Å². The maximum absolute atomic E-state index is 12.6. The number of esters is 1. The number of fused-ring (bicyclic) bond motifs is 1. The summed E-state index contributed by atoms with van der Waals surface area (Å²) in [7, 11) is 1.32. The van der Waals surface area contributed by atoms with Crippen LogP contribution in [0.15, 0.2) is 54.6 Å². The van der Waals surface area contributed by atoms with Crippen LogP contribution in [0.2, 0.25) is 0 Å². The van der Waals surface area contributed by atoms with Gasteiger partial charge in [-0.15, -0.1) is 0 Å². The van der Waals surface area contributed by atoms with Gasteiger partial charge >= 0.3 is 12.0 Å². The fourth-order valence-electron chi connectivity index (χ4n) is 2.79. The van der Waals surface area contributed by atoms with E-state index < -0.39 is 12.0 Å². The number of methoxy groups -OCH3 is 1. The van der Waals surface area contributed by atoms with Crippen molar-refractivity contribution >= 4 is 17.7 Å². The fraction of sp³-hybridized carbons (Fsp3) is 0.222. The predicted molar refractivity (Wildman–Crippen MR) is 87.2 cm³/mol. The minimum Gasteiger partial charge on any atom is -0.467 e. The van der Waals surface area contributed by atoms with Gasteiger partial charge in [-0.3, -0.25) is 4.90 Å². The van der Waals surface area contributed by atoms with Crippen molar-refractivity contribution in [3.05, 3.63) is 65.7 Å². The number of hydrogen-bond donors (Lipinski definition) is 1. The van der Waals surface area contributed by atoms with E-state index in [1.165, 1.54) is 7.11 Å². The average Bonchev–Trinajstić information content (AvgIpc) is 3.04. The molecule has 1 atom stereocenters. The van der Waals surface area contributed by atoms with E-state index in [1.54, 1.807) is 17.0 Å². The third-order valence-electron chi connectivity index (χ3n) is 3.97. The molecule has 0 spiro atoms. The first kappa shape index (κ1) is 15.1. The molecule has 0 bridgehead atoms. The van der Waals surface area contributed by atoms with Crippen molar-refractivity contribution < 1.29 is 14.3 Å². The molecule has 0 radical (unpaired) electrons. The average molecular weight is 310 g/mol. The highest BCUT2D eigenvalue weighted by Crippen LogP contribution is 2.28. The maximum atomic E-state index is 12.6. The largest absolute Gasteiger partial charge is 0.467 e. The SMILES string of the molecule is COC(=O)C(NC(=O)N1CCc2ccccc21)c1ccccc1. The van der Waals surface area contributed by atoms with Crippen LogP contribution >= 0.6 is 0 Å². The van der Waals surface area contributed by atoms with Crippen LogP contribution in [0.4, 0.5) is 10.5 Å². The van der Waals surface area contributed by atoms with Gasteiger partial charge in [0, 0.05) is 12.2 Å². The van der Waals surface area contributed by atoms with Crippen LogP contribution in [0.25, 0.3) is 0 Å². The molecule has 0 aromatic heterocycles. The van der Waals surface area contributed by atoms with Crippen molar-refractivity contribution in [1.82, 2.24) is 5.32 Å². The Morgan fingerprint density at radius 3 is 2.52 bits per heavy atom. The normalized spacial score (nSPS) is 14.0. The zero-order valence-electron chi connectivity index (χ0n) is 12.9. The van der Waals surface area contributed by atoms with E-state index in [0.717, 1.165) is 17.7 Å². The summed E-state index contributed by atoms with van der Waals surface area (Å²) in [6.45, 7) is 0.605. The second-order valence-electron chi connectivity index (χ2n) is 5.35. The molecule has 2 amide bonds. The summed E-state index contributed by atoms with van der Waals surface area (Å²) in [4.78, 5) is 26.3. The van der Waals surface area contributed by atoms with E-state index >= 15 is 0 Å². The Balaban J connectivity index is 1.81. The number of rotatable bonds is 3. The third-order valence-corrected chi connectivity index (χ3v) is 3.97. The van der Waals surface area contributed by atoms with Crippen LogP contribution in [0.1, 0.15) is 17.2 Å². The van der Waals surface area contributed by atoms with Crippen molar-refractivity contribution in [1.29, 1.82) is 0 Å². The van der Waals surface area contributed by atoms with E-state index in [-0.39, 0.29) is 6.03 Å². The Hall–Kier alpha value is -2.82. The summed E-state index contributed by atoms with van der Waals surface area (Å²) in [5.41, 5.74) is 2.72. The smallest absolute Gasteiger partial charge is 0.333 e. The highest BCUT2D eigenvalue weighted by Gasteiger charge is 2.29. The molecule has 1 unspecified atom stereocenters. The van der Waals surface area contributed by atoms with Crippen molar-refractivity contribution in [2.45, 2.75) is 12.5 Å². The van der Waals surface area contributed by atoms with E-state index in [4.69, 9.17) is 4.74 Å². The van der Waals surface area contributed by atoms with Crippen molar-refractivity contribution in [3.63, 3.8) is 0 Å². The molecular formula is C18H18N2O3. The number of para-hydroxylation sites is 1. The van der Waals surface area contributed by atoms with Gasteiger partial charge in [0.2, 0.25) is 0 Å². The third kappa shape index (κ3) is 3.04. The highest BCUT2D eigenvalue weighted by atomic mass is 16.5. The second kappa shape index (κ2) is 6.52. The minimum absolute atomic E-state index is 0.297. The molecule has 0 saturated carbocycles. The Morgan fingerprint density at radius 1 is 1.09 bits per heavy atom. The van der Waals surface area contributed by atoms with Gasteiger partial charge < -0.3 is 10.1 Å². The number of carbonyl (C=O) groups is 2. The van der Waals surface area contributed by atoms with E-state index in [0.29, 0.717) is 12.1 Å². The first-order valence-corrected chi connectivity index (χ1v) is 7.49. The molecule has 0 saturated heterocycles. The molecule has 0 aliphatic carbocycles. The first-order chi connectivity index (χ1) is 11.2. The van der Waals surface area contributed by atoms with Gasteiger partial charge in [0.15, 0.2) is 6.04 Å². The molecule has 2 aromatic carbocycles. The summed E-state index contributed by atoms with van der Waals surface area (Å²) < 4.78 is 4.83. The number of urea groups is 1. The molecule has 23 heavy (non-hydrogen) atoms. The zero-order valence-corrected chi connectivity index (χ0v) is 12.9. The molecule has 1 aliphatic heterocycles. The number of benzene rings is 2. The van der Waals surface area contributed by atoms with Gasteiger partial charge in [-0.25, -0.2) is 9.59 Å². The number of nitrogens with zero attached hydrogens (tertiary/aromatic N) is 1. The van der Waals surface area contributed by atoms with E-state index in [9.17, 15) is 9.59 Å². The highest BCUT2D eigenvalue weighted by molar-refractivity contribution is 5.96. The lowest BCUT2D eigenvalue weighted by molar-refractivity contribution is -0.143. The summed E-state index contributed by atoms with van der Waals surface area (Å²) >= 11 is 0. The topological polar surface area (TPSA) is 58.6 Å². The number of amides is 2. The van der Waals surface area contributed by atoms with Crippen molar-refractivity contribution in [2.75, 3.05) is 18.6 Å². The van der Waals surface area contributed by atoms with Gasteiger partial charge in [0.05, 0.1) is 7.11 Å². The van der Waals surface area contributed by atoms with Gasteiger partial charge in [-0.05, 0) is 23.6 Å². The van der Waals surface area contributed by atoms with Crippen LogP contribution < -0.4 is 10.2 Å². The summed E-state index contributed by atoms with van der Waals surface area (Å²) in [5, 5.41) is 2.78. The van der Waals surface area contributed by atoms with Crippen LogP contribution in [-0.4, -0.2) is 25.7 Å². The van der Waals surface area contributed by atoms with Crippen LogP contribution in [-0.2, 0) is 16.0 Å². The standard InChI is InChI=1S/C18H18N2O3/c1-23-17(21)16(14-8-3-2-4-9-14)19-18(22)20-12-11-13-7-5-6-10-15(13)20/h2-10,16H,11-12H2,1H3,(H,19,22). The molecule has 0 fully saturated rings. The monoisotopic (exact) mass is 310 g/mol. The molecule has 118 valence electrons. The first-order valence-electron chi connectivity index (χ1n) is 7.49.